The van der Waals surface area contributed by atoms with E-state index in [1.54, 1.807) is 0 Å². The van der Waals surface area contributed by atoms with E-state index in [4.69, 9.17) is 0 Å². The van der Waals surface area contributed by atoms with Gasteiger partial charge in [-0.25, -0.2) is 0 Å². The lowest BCUT2D eigenvalue weighted by molar-refractivity contribution is 0.173. The van der Waals surface area contributed by atoms with Crippen LogP contribution in [0.4, 0.5) is 0 Å². The molecule has 1 nitrogen and oxygen atoms in total. The lowest BCUT2D eigenvalue weighted by atomic mass is 10.0. The van der Waals surface area contributed by atoms with E-state index in [2.05, 4.69) is 18.2 Å². The van der Waals surface area contributed by atoms with Crippen LogP contribution in [0.25, 0.3) is 0 Å². The van der Waals surface area contributed by atoms with E-state index in [1.807, 2.05) is 0 Å². The molecule has 0 N–H and O–H groups in total. The molecule has 57 valence electrons. The lowest BCUT2D eigenvalue weighted by Gasteiger charge is -2.33. The standard InChI is InChI=1S/C9H16N/c1-2-10-8-4-3-5-9(10)7-6-8/h3,8-9H,2,4-7H2,1H3. The number of nitrogens with zero attached hydrogens (tertiary/aromatic N) is 1. The number of hydrogen-bond donors (Lipinski definition) is 0. The predicted octanol–water partition coefficient (Wildman–Crippen LogP) is 1.84. The largest absolute Gasteiger partial charge is 0.298 e. The SMILES string of the molecule is CCN1C2C[CH]CC1CC2. The molecule has 2 rings (SSSR count). The smallest absolute Gasteiger partial charge is 0.0101 e. The van der Waals surface area contributed by atoms with Crippen LogP contribution in [0.15, 0.2) is 0 Å². The zero-order valence-electron chi connectivity index (χ0n) is 6.71. The zero-order chi connectivity index (χ0) is 6.97. The maximum atomic E-state index is 2.68. The Balaban J connectivity index is 2.06. The molecule has 2 atom stereocenters. The third-order valence-electron chi connectivity index (χ3n) is 3.01. The maximum absolute atomic E-state index is 2.68. The molecule has 2 aliphatic rings. The van der Waals surface area contributed by atoms with Crippen LogP contribution in [-0.2, 0) is 0 Å². The van der Waals surface area contributed by atoms with Gasteiger partial charge in [-0.05, 0) is 38.6 Å². The van der Waals surface area contributed by atoms with Gasteiger partial charge in [0.05, 0.1) is 0 Å². The van der Waals surface area contributed by atoms with E-state index in [9.17, 15) is 0 Å². The van der Waals surface area contributed by atoms with Crippen molar-refractivity contribution >= 4 is 0 Å². The zero-order valence-corrected chi connectivity index (χ0v) is 6.71. The maximum Gasteiger partial charge on any atom is 0.0101 e. The van der Waals surface area contributed by atoms with Gasteiger partial charge in [-0.2, -0.15) is 0 Å². The summed E-state index contributed by atoms with van der Waals surface area (Å²) in [5.41, 5.74) is 0. The molecule has 0 amide bonds. The number of piperidine rings is 1. The van der Waals surface area contributed by atoms with E-state index < -0.39 is 0 Å². The molecule has 2 unspecified atom stereocenters. The fraction of sp³-hybridized carbons (Fsp3) is 0.889. The van der Waals surface area contributed by atoms with Gasteiger partial charge in [0.15, 0.2) is 0 Å². The van der Waals surface area contributed by atoms with Crippen molar-refractivity contribution < 1.29 is 0 Å². The third-order valence-corrected chi connectivity index (χ3v) is 3.01. The van der Waals surface area contributed by atoms with Crippen molar-refractivity contribution in [3.05, 3.63) is 6.42 Å². The molecule has 2 aliphatic heterocycles. The molecule has 0 aromatic carbocycles. The summed E-state index contributed by atoms with van der Waals surface area (Å²) in [5, 5.41) is 0. The molecule has 2 heterocycles. The van der Waals surface area contributed by atoms with Crippen molar-refractivity contribution in [2.45, 2.75) is 44.7 Å². The average Bonchev–Trinajstić information content (AvgIpc) is 2.19. The quantitative estimate of drug-likeness (QED) is 0.534. The Morgan fingerprint density at radius 1 is 1.30 bits per heavy atom. The Kier molecular flexibility index (Phi) is 1.69. The van der Waals surface area contributed by atoms with Gasteiger partial charge in [0.2, 0.25) is 0 Å². The van der Waals surface area contributed by atoms with Gasteiger partial charge in [0, 0.05) is 12.1 Å². The summed E-state index contributed by atoms with van der Waals surface area (Å²) in [5.74, 6) is 0. The number of fused-ring (bicyclic) bond motifs is 2. The first-order valence-electron chi connectivity index (χ1n) is 4.49. The monoisotopic (exact) mass is 138 g/mol. The summed E-state index contributed by atoms with van der Waals surface area (Å²) in [6.45, 7) is 3.56. The minimum atomic E-state index is 0.920. The highest BCUT2D eigenvalue weighted by Crippen LogP contribution is 2.34. The summed E-state index contributed by atoms with van der Waals surface area (Å²) in [6.07, 6.45) is 8.09. The molecule has 0 spiro atoms. The van der Waals surface area contributed by atoms with Gasteiger partial charge in [0.25, 0.3) is 0 Å². The molecule has 0 saturated carbocycles. The summed E-state index contributed by atoms with van der Waals surface area (Å²) < 4.78 is 0. The van der Waals surface area contributed by atoms with Gasteiger partial charge < -0.3 is 0 Å². The van der Waals surface area contributed by atoms with E-state index >= 15 is 0 Å². The van der Waals surface area contributed by atoms with Gasteiger partial charge in [-0.15, -0.1) is 0 Å². The van der Waals surface area contributed by atoms with Crippen LogP contribution in [0.5, 0.6) is 0 Å². The van der Waals surface area contributed by atoms with Crippen molar-refractivity contribution in [1.82, 2.24) is 4.90 Å². The average molecular weight is 138 g/mol. The van der Waals surface area contributed by atoms with Gasteiger partial charge in [0.1, 0.15) is 0 Å². The van der Waals surface area contributed by atoms with Crippen LogP contribution < -0.4 is 0 Å². The van der Waals surface area contributed by atoms with Crippen molar-refractivity contribution in [2.24, 2.45) is 0 Å². The first-order chi connectivity index (χ1) is 4.92. The lowest BCUT2D eigenvalue weighted by Crippen LogP contribution is -2.39. The number of rotatable bonds is 1. The number of hydrogen-bond acceptors (Lipinski definition) is 1. The minimum absolute atomic E-state index is 0.920. The molecule has 0 aliphatic carbocycles. The van der Waals surface area contributed by atoms with Crippen molar-refractivity contribution in [1.29, 1.82) is 0 Å². The molecule has 10 heavy (non-hydrogen) atoms. The predicted molar refractivity (Wildman–Crippen MR) is 42.7 cm³/mol. The van der Waals surface area contributed by atoms with Crippen molar-refractivity contribution in [2.75, 3.05) is 6.54 Å². The van der Waals surface area contributed by atoms with Gasteiger partial charge in [-0.1, -0.05) is 6.92 Å². The fourth-order valence-electron chi connectivity index (χ4n) is 2.52. The van der Waals surface area contributed by atoms with Crippen LogP contribution in [0, 0.1) is 6.42 Å². The second kappa shape index (κ2) is 2.54. The van der Waals surface area contributed by atoms with E-state index in [-0.39, 0.29) is 0 Å². The van der Waals surface area contributed by atoms with E-state index in [1.165, 1.54) is 32.2 Å². The minimum Gasteiger partial charge on any atom is -0.298 e. The summed E-state index contributed by atoms with van der Waals surface area (Å²) >= 11 is 0. The molecule has 1 heteroatoms. The highest BCUT2D eigenvalue weighted by atomic mass is 15.2. The normalized spacial score (nSPS) is 40.5. The molecule has 0 aromatic heterocycles. The molecule has 2 bridgehead atoms. The molecular formula is C9H16N. The molecule has 2 saturated heterocycles. The molecule has 0 aromatic rings. The van der Waals surface area contributed by atoms with Crippen LogP contribution in [0.3, 0.4) is 0 Å². The second-order valence-electron chi connectivity index (χ2n) is 3.48. The van der Waals surface area contributed by atoms with Gasteiger partial charge >= 0.3 is 0 Å². The third kappa shape index (κ3) is 0.878. The van der Waals surface area contributed by atoms with Gasteiger partial charge in [-0.3, -0.25) is 4.90 Å². The fourth-order valence-corrected chi connectivity index (χ4v) is 2.52. The molecule has 1 radical (unpaired) electrons. The summed E-state index contributed by atoms with van der Waals surface area (Å²) in [7, 11) is 0. The van der Waals surface area contributed by atoms with Crippen LogP contribution in [-0.4, -0.2) is 23.5 Å². The highest BCUT2D eigenvalue weighted by Gasteiger charge is 2.34. The molecular weight excluding hydrogens is 122 g/mol. The Labute approximate surface area is 63.4 Å². The summed E-state index contributed by atoms with van der Waals surface area (Å²) in [6, 6.07) is 1.84. The van der Waals surface area contributed by atoms with Crippen LogP contribution in [0.2, 0.25) is 0 Å². The Morgan fingerprint density at radius 3 is 2.30 bits per heavy atom. The Bertz CT molecular complexity index is 106. The Hall–Kier alpha value is -0.0400. The second-order valence-corrected chi connectivity index (χ2v) is 3.48. The van der Waals surface area contributed by atoms with Crippen LogP contribution >= 0.6 is 0 Å². The highest BCUT2D eigenvalue weighted by molar-refractivity contribution is 4.97. The summed E-state index contributed by atoms with van der Waals surface area (Å²) in [4.78, 5) is 2.68. The molecule has 2 fully saturated rings. The first-order valence-corrected chi connectivity index (χ1v) is 4.49. The van der Waals surface area contributed by atoms with Crippen LogP contribution in [0.1, 0.15) is 32.6 Å². The Morgan fingerprint density at radius 2 is 1.90 bits per heavy atom. The van der Waals surface area contributed by atoms with E-state index in [0.717, 1.165) is 12.1 Å². The topological polar surface area (TPSA) is 3.24 Å². The van der Waals surface area contributed by atoms with Crippen molar-refractivity contribution in [3.8, 4) is 0 Å². The first kappa shape index (κ1) is 6.66. The van der Waals surface area contributed by atoms with E-state index in [0.29, 0.717) is 0 Å². The van der Waals surface area contributed by atoms with Crippen molar-refractivity contribution in [3.63, 3.8) is 0 Å².